The number of nitrogens with zero attached hydrogens (tertiary/aromatic N) is 4. The first-order valence-corrected chi connectivity index (χ1v) is 9.43. The summed E-state index contributed by atoms with van der Waals surface area (Å²) in [4.78, 5) is 24.0. The summed E-state index contributed by atoms with van der Waals surface area (Å²) in [6.07, 6.45) is 1.55. The van der Waals surface area contributed by atoms with Crippen LogP contribution >= 0.6 is 11.6 Å². The van der Waals surface area contributed by atoms with Gasteiger partial charge in [0.2, 0.25) is 11.8 Å². The number of fused-ring (bicyclic) bond motifs is 1. The molecule has 0 bridgehead atoms. The highest BCUT2D eigenvalue weighted by molar-refractivity contribution is 7.90. The molecule has 2 N–H and O–H groups in total. The average molecular weight is 411 g/mol. The number of carbonyl (C=O) groups excluding carboxylic acids is 1. The number of pyridine rings is 1. The zero-order chi connectivity index (χ0) is 19.8. The quantitative estimate of drug-likeness (QED) is 0.672. The van der Waals surface area contributed by atoms with Crippen LogP contribution in [0, 0.1) is 13.8 Å². The van der Waals surface area contributed by atoms with Gasteiger partial charge in [-0.15, -0.1) is 0 Å². The van der Waals surface area contributed by atoms with Crippen LogP contribution in [-0.4, -0.2) is 40.9 Å². The summed E-state index contributed by atoms with van der Waals surface area (Å²) >= 11 is 5.98. The van der Waals surface area contributed by atoms with E-state index in [0.29, 0.717) is 11.3 Å². The molecule has 0 saturated carbocycles. The number of methoxy groups -OCH3 is 1. The number of nitrogens with one attached hydrogen (secondary N) is 2. The van der Waals surface area contributed by atoms with Gasteiger partial charge in [-0.25, -0.2) is 19.5 Å². The third kappa shape index (κ3) is 3.93. The molecule has 3 aromatic heterocycles. The second kappa shape index (κ2) is 7.00. The van der Waals surface area contributed by atoms with Crippen LogP contribution in [0.4, 0.5) is 10.7 Å². The minimum atomic E-state index is -4.32. The van der Waals surface area contributed by atoms with Crippen LogP contribution in [0.1, 0.15) is 11.3 Å². The van der Waals surface area contributed by atoms with Crippen LogP contribution in [0.3, 0.4) is 0 Å². The summed E-state index contributed by atoms with van der Waals surface area (Å²) in [5, 5.41) is 1.65. The second-order valence-electron chi connectivity index (χ2n) is 5.58. The molecular weight excluding hydrogens is 396 g/mol. The maximum absolute atomic E-state index is 12.6. The van der Waals surface area contributed by atoms with Crippen molar-refractivity contribution in [3.05, 3.63) is 40.8 Å². The summed E-state index contributed by atoms with van der Waals surface area (Å²) in [7, 11) is -2.91. The molecule has 0 fully saturated rings. The largest absolute Gasteiger partial charge is 0.481 e. The van der Waals surface area contributed by atoms with Gasteiger partial charge in [0.05, 0.1) is 7.11 Å². The van der Waals surface area contributed by atoms with Crippen LogP contribution < -0.4 is 14.8 Å². The van der Waals surface area contributed by atoms with Crippen molar-refractivity contribution < 1.29 is 17.9 Å². The fraction of sp³-hybridized carbons (Fsp3) is 0.200. The van der Waals surface area contributed by atoms with E-state index in [0.717, 1.165) is 5.56 Å². The van der Waals surface area contributed by atoms with E-state index in [4.69, 9.17) is 16.3 Å². The number of ether oxygens (including phenoxy) is 1. The molecule has 0 spiro atoms. The lowest BCUT2D eigenvalue weighted by atomic mass is 10.3. The van der Waals surface area contributed by atoms with Crippen LogP contribution in [0.25, 0.3) is 5.65 Å². The SMILES string of the molecule is COc1cc(C)nc(NC(=O)NS(=O)(=O)c2c(Cl)nc3ccc(C)cn23)n1. The molecule has 0 aliphatic heterocycles. The molecule has 3 rings (SSSR count). The molecule has 0 saturated heterocycles. The van der Waals surface area contributed by atoms with E-state index in [2.05, 4.69) is 20.3 Å². The molecule has 0 aromatic carbocycles. The Morgan fingerprint density at radius 3 is 2.67 bits per heavy atom. The summed E-state index contributed by atoms with van der Waals surface area (Å²) in [5.74, 6) is 0.112. The molecule has 0 atom stereocenters. The van der Waals surface area contributed by atoms with Gasteiger partial charge < -0.3 is 4.74 Å². The molecule has 0 radical (unpaired) electrons. The van der Waals surface area contributed by atoms with Crippen LogP contribution in [0.2, 0.25) is 5.15 Å². The lowest BCUT2D eigenvalue weighted by Gasteiger charge is -2.09. The first-order valence-electron chi connectivity index (χ1n) is 7.57. The van der Waals surface area contributed by atoms with E-state index in [1.807, 2.05) is 4.72 Å². The Hall–Kier alpha value is -2.92. The van der Waals surface area contributed by atoms with Crippen molar-refractivity contribution in [2.75, 3.05) is 12.4 Å². The minimum Gasteiger partial charge on any atom is -0.481 e. The monoisotopic (exact) mass is 410 g/mol. The number of hydrogen-bond donors (Lipinski definition) is 2. The van der Waals surface area contributed by atoms with Gasteiger partial charge in [0.1, 0.15) is 5.65 Å². The molecule has 12 heteroatoms. The zero-order valence-corrected chi connectivity index (χ0v) is 16.1. The van der Waals surface area contributed by atoms with E-state index in [9.17, 15) is 13.2 Å². The number of amides is 2. The Labute approximate surface area is 159 Å². The van der Waals surface area contributed by atoms with Crippen molar-refractivity contribution in [2.45, 2.75) is 18.9 Å². The van der Waals surface area contributed by atoms with E-state index >= 15 is 0 Å². The predicted molar refractivity (Wildman–Crippen MR) is 97.6 cm³/mol. The number of aryl methyl sites for hydroxylation is 2. The van der Waals surface area contributed by atoms with E-state index in [-0.39, 0.29) is 22.0 Å². The van der Waals surface area contributed by atoms with Gasteiger partial charge >= 0.3 is 6.03 Å². The number of anilines is 1. The number of imidazole rings is 1. The third-order valence-corrected chi connectivity index (χ3v) is 5.16. The van der Waals surface area contributed by atoms with Crippen LogP contribution in [0.5, 0.6) is 5.88 Å². The molecule has 10 nitrogen and oxygen atoms in total. The van der Waals surface area contributed by atoms with Crippen LogP contribution in [0.15, 0.2) is 29.4 Å². The Morgan fingerprint density at radius 2 is 1.96 bits per heavy atom. The van der Waals surface area contributed by atoms with Gasteiger partial charge in [-0.3, -0.25) is 9.72 Å². The average Bonchev–Trinajstić information content (AvgIpc) is 2.89. The fourth-order valence-electron chi connectivity index (χ4n) is 2.34. The molecule has 142 valence electrons. The summed E-state index contributed by atoms with van der Waals surface area (Å²) in [6.45, 7) is 3.46. The van der Waals surface area contributed by atoms with E-state index in [1.54, 1.807) is 38.2 Å². The Kier molecular flexibility index (Phi) is 4.89. The van der Waals surface area contributed by atoms with Gasteiger partial charge in [-0.05, 0) is 25.5 Å². The standard InChI is InChI=1S/C15H15ClN6O4S/c1-8-4-5-10-18-12(16)13(22(10)7-8)27(24,25)21-15(23)20-14-17-9(2)6-11(19-14)26-3/h4-7H,1-3H3,(H2,17,19,20,21,23). The second-order valence-corrected chi connectivity index (χ2v) is 7.53. The zero-order valence-electron chi connectivity index (χ0n) is 14.5. The summed E-state index contributed by atoms with van der Waals surface area (Å²) in [6, 6.07) is 3.88. The first-order chi connectivity index (χ1) is 12.7. The summed E-state index contributed by atoms with van der Waals surface area (Å²) < 4.78 is 33.4. The predicted octanol–water partition coefficient (Wildman–Crippen LogP) is 1.91. The minimum absolute atomic E-state index is 0.111. The van der Waals surface area contributed by atoms with Gasteiger partial charge in [0.25, 0.3) is 10.0 Å². The number of urea groups is 1. The van der Waals surface area contributed by atoms with E-state index in [1.165, 1.54) is 11.5 Å². The topological polar surface area (TPSA) is 128 Å². The molecule has 0 aliphatic rings. The maximum atomic E-state index is 12.6. The Balaban J connectivity index is 1.89. The van der Waals surface area contributed by atoms with Crippen molar-refractivity contribution in [1.82, 2.24) is 24.1 Å². The lowest BCUT2D eigenvalue weighted by molar-refractivity contribution is 0.256. The van der Waals surface area contributed by atoms with Crippen molar-refractivity contribution in [3.63, 3.8) is 0 Å². The van der Waals surface area contributed by atoms with Crippen molar-refractivity contribution in [2.24, 2.45) is 0 Å². The van der Waals surface area contributed by atoms with E-state index < -0.39 is 16.1 Å². The molecule has 27 heavy (non-hydrogen) atoms. The fourth-order valence-corrected chi connectivity index (χ4v) is 3.89. The molecule has 3 aromatic rings. The molecule has 2 amide bonds. The van der Waals surface area contributed by atoms with Crippen molar-refractivity contribution >= 4 is 39.3 Å². The van der Waals surface area contributed by atoms with Crippen molar-refractivity contribution in [1.29, 1.82) is 0 Å². The number of rotatable bonds is 4. The van der Waals surface area contributed by atoms with Gasteiger partial charge in [-0.2, -0.15) is 13.4 Å². The Bertz CT molecular complexity index is 1140. The molecule has 0 aliphatic carbocycles. The number of aromatic nitrogens is 4. The lowest BCUT2D eigenvalue weighted by Crippen LogP contribution is -2.35. The third-order valence-electron chi connectivity index (χ3n) is 3.43. The molecular formula is C15H15ClN6O4S. The highest BCUT2D eigenvalue weighted by Crippen LogP contribution is 2.23. The number of hydrogen-bond acceptors (Lipinski definition) is 7. The summed E-state index contributed by atoms with van der Waals surface area (Å²) in [5.41, 5.74) is 1.65. The van der Waals surface area contributed by atoms with Gasteiger partial charge in [0, 0.05) is 18.0 Å². The van der Waals surface area contributed by atoms with Crippen LogP contribution in [-0.2, 0) is 10.0 Å². The maximum Gasteiger partial charge on any atom is 0.335 e. The Morgan fingerprint density at radius 1 is 1.22 bits per heavy atom. The number of sulfonamides is 1. The number of carbonyl (C=O) groups is 1. The smallest absolute Gasteiger partial charge is 0.335 e. The highest BCUT2D eigenvalue weighted by Gasteiger charge is 2.27. The van der Waals surface area contributed by atoms with Crippen molar-refractivity contribution in [3.8, 4) is 5.88 Å². The number of halogens is 1. The van der Waals surface area contributed by atoms with Gasteiger partial charge in [0.15, 0.2) is 10.2 Å². The highest BCUT2D eigenvalue weighted by atomic mass is 35.5. The molecule has 3 heterocycles. The van der Waals surface area contributed by atoms with Gasteiger partial charge in [-0.1, -0.05) is 17.7 Å². The first kappa shape index (κ1) is 18.9. The normalized spacial score (nSPS) is 11.4. The molecule has 0 unspecified atom stereocenters.